The van der Waals surface area contributed by atoms with Crippen molar-refractivity contribution >= 4 is 59.7 Å². The van der Waals surface area contributed by atoms with E-state index in [0.29, 0.717) is 19.5 Å². The summed E-state index contributed by atoms with van der Waals surface area (Å²) in [5.74, 6) is -5.84. The molecule has 120 valence electrons. The molecule has 4 nitrogen and oxygen atoms in total. The van der Waals surface area contributed by atoms with Gasteiger partial charge in [-0.3, -0.25) is 0 Å². The first-order valence-corrected chi connectivity index (χ1v) is 8.18. The minimum Gasteiger partial charge on any atom is -0.478 e. The number of carboxylic acids is 1. The number of hydrogen-bond donors (Lipinski definition) is 1. The van der Waals surface area contributed by atoms with Crippen LogP contribution in [0, 0.1) is 11.6 Å². The van der Waals surface area contributed by atoms with E-state index in [4.69, 9.17) is 9.84 Å². The summed E-state index contributed by atoms with van der Waals surface area (Å²) in [6, 6.07) is 4.70. The Kier molecular flexibility index (Phi) is 5.53. The highest BCUT2D eigenvalue weighted by molar-refractivity contribution is 9.11. The molecule has 0 aliphatic carbocycles. The summed E-state index contributed by atoms with van der Waals surface area (Å²) >= 11 is 9.61. The van der Waals surface area contributed by atoms with Crippen molar-refractivity contribution in [2.45, 2.75) is 0 Å². The van der Waals surface area contributed by atoms with Crippen LogP contribution in [-0.4, -0.2) is 17.0 Å². The van der Waals surface area contributed by atoms with Crippen molar-refractivity contribution in [3.8, 4) is 5.75 Å². The van der Waals surface area contributed by atoms with Gasteiger partial charge in [-0.25, -0.2) is 18.4 Å². The molecular weight excluding hydrogens is 510 g/mol. The van der Waals surface area contributed by atoms with Gasteiger partial charge in [-0.05, 0) is 56.1 Å². The van der Waals surface area contributed by atoms with E-state index >= 15 is 0 Å². The minimum absolute atomic E-state index is 0.0688. The van der Waals surface area contributed by atoms with E-state index in [1.165, 1.54) is 0 Å². The second-order valence-corrected chi connectivity index (χ2v) is 6.80. The van der Waals surface area contributed by atoms with Gasteiger partial charge in [0.1, 0.15) is 5.56 Å². The molecule has 0 bridgehead atoms. The Balaban J connectivity index is 2.47. The number of carbonyl (C=O) groups is 2. The van der Waals surface area contributed by atoms with E-state index in [2.05, 4.69) is 47.8 Å². The predicted molar refractivity (Wildman–Crippen MR) is 87.8 cm³/mol. The van der Waals surface area contributed by atoms with Crippen LogP contribution < -0.4 is 4.74 Å². The van der Waals surface area contributed by atoms with Crippen LogP contribution in [0.3, 0.4) is 0 Å². The zero-order valence-electron chi connectivity index (χ0n) is 10.9. The van der Waals surface area contributed by atoms with Gasteiger partial charge < -0.3 is 9.84 Å². The van der Waals surface area contributed by atoms with E-state index in [1.54, 1.807) is 12.1 Å². The largest absolute Gasteiger partial charge is 0.478 e. The lowest BCUT2D eigenvalue weighted by atomic mass is 10.1. The number of aromatic carboxylic acids is 1. The van der Waals surface area contributed by atoms with Crippen LogP contribution in [0.2, 0.25) is 0 Å². The maximum atomic E-state index is 13.6. The van der Waals surface area contributed by atoms with Crippen LogP contribution in [-0.2, 0) is 0 Å². The third-order valence-corrected chi connectivity index (χ3v) is 4.32. The SMILES string of the molecule is O=C(Oc1c(Br)cc(Br)cc1Br)c1ccc(F)c(F)c1C(=O)O. The number of carbonyl (C=O) groups excluding carboxylic acids is 1. The molecule has 0 radical (unpaired) electrons. The number of rotatable bonds is 3. The van der Waals surface area contributed by atoms with Crippen molar-refractivity contribution in [3.05, 3.63) is 60.4 Å². The minimum atomic E-state index is -1.78. The molecule has 0 atom stereocenters. The van der Waals surface area contributed by atoms with Gasteiger partial charge in [0.25, 0.3) is 0 Å². The third kappa shape index (κ3) is 3.78. The summed E-state index contributed by atoms with van der Waals surface area (Å²) < 4.78 is 33.4. The summed E-state index contributed by atoms with van der Waals surface area (Å²) in [5, 5.41) is 8.99. The number of ether oxygens (including phenoxy) is 1. The Labute approximate surface area is 153 Å². The summed E-state index contributed by atoms with van der Waals surface area (Å²) in [6.45, 7) is 0. The van der Waals surface area contributed by atoms with E-state index in [1.807, 2.05) is 0 Å². The summed E-state index contributed by atoms with van der Waals surface area (Å²) in [7, 11) is 0. The van der Waals surface area contributed by atoms with Crippen LogP contribution in [0.5, 0.6) is 5.75 Å². The molecule has 0 aromatic heterocycles. The van der Waals surface area contributed by atoms with Crippen LogP contribution in [0.15, 0.2) is 37.7 Å². The first-order chi connectivity index (χ1) is 10.7. The Hall–Kier alpha value is -1.32. The molecule has 0 aliphatic rings. The molecule has 0 saturated carbocycles. The van der Waals surface area contributed by atoms with Gasteiger partial charge in [-0.2, -0.15) is 0 Å². The average molecular weight is 515 g/mol. The Bertz CT molecular complexity index is 801. The molecule has 0 saturated heterocycles. The lowest BCUT2D eigenvalue weighted by Gasteiger charge is -2.11. The van der Waals surface area contributed by atoms with Gasteiger partial charge in [-0.1, -0.05) is 15.9 Å². The average Bonchev–Trinajstić information content (AvgIpc) is 2.44. The molecule has 0 spiro atoms. The maximum absolute atomic E-state index is 13.6. The van der Waals surface area contributed by atoms with Crippen molar-refractivity contribution in [1.29, 1.82) is 0 Å². The highest BCUT2D eigenvalue weighted by Gasteiger charge is 2.26. The molecule has 0 heterocycles. The first-order valence-electron chi connectivity index (χ1n) is 5.80. The van der Waals surface area contributed by atoms with Gasteiger partial charge in [0.15, 0.2) is 17.4 Å². The lowest BCUT2D eigenvalue weighted by molar-refractivity contribution is 0.0660. The van der Waals surface area contributed by atoms with Crippen LogP contribution in [0.25, 0.3) is 0 Å². The third-order valence-electron chi connectivity index (χ3n) is 2.69. The molecule has 2 rings (SSSR count). The van der Waals surface area contributed by atoms with Crippen molar-refractivity contribution in [2.75, 3.05) is 0 Å². The summed E-state index contributed by atoms with van der Waals surface area (Å²) in [6.07, 6.45) is 0. The predicted octanol–water partition coefficient (Wildman–Crippen LogP) is 5.17. The molecule has 0 amide bonds. The Morgan fingerprint density at radius 3 is 2.13 bits per heavy atom. The maximum Gasteiger partial charge on any atom is 0.344 e. The summed E-state index contributed by atoms with van der Waals surface area (Å²) in [5.41, 5.74) is -1.68. The summed E-state index contributed by atoms with van der Waals surface area (Å²) in [4.78, 5) is 23.3. The monoisotopic (exact) mass is 512 g/mol. The molecular formula is C14H5Br3F2O4. The molecule has 2 aromatic carbocycles. The fourth-order valence-corrected chi connectivity index (χ4v) is 4.12. The van der Waals surface area contributed by atoms with Crippen LogP contribution in [0.1, 0.15) is 20.7 Å². The van der Waals surface area contributed by atoms with Crippen molar-refractivity contribution in [3.63, 3.8) is 0 Å². The van der Waals surface area contributed by atoms with Crippen LogP contribution in [0.4, 0.5) is 8.78 Å². The second kappa shape index (κ2) is 7.06. The topological polar surface area (TPSA) is 63.6 Å². The van der Waals surface area contributed by atoms with Gasteiger partial charge in [0.05, 0.1) is 14.5 Å². The second-order valence-electron chi connectivity index (χ2n) is 4.18. The van der Waals surface area contributed by atoms with E-state index < -0.39 is 34.7 Å². The molecule has 2 aromatic rings. The van der Waals surface area contributed by atoms with E-state index in [0.717, 1.165) is 6.07 Å². The van der Waals surface area contributed by atoms with Gasteiger partial charge in [-0.15, -0.1) is 0 Å². The Morgan fingerprint density at radius 2 is 1.61 bits per heavy atom. The van der Waals surface area contributed by atoms with E-state index in [-0.39, 0.29) is 5.75 Å². The van der Waals surface area contributed by atoms with Crippen molar-refractivity contribution in [2.24, 2.45) is 0 Å². The Morgan fingerprint density at radius 1 is 1.04 bits per heavy atom. The number of esters is 1. The van der Waals surface area contributed by atoms with E-state index in [9.17, 15) is 18.4 Å². The van der Waals surface area contributed by atoms with Crippen LogP contribution >= 0.6 is 47.8 Å². The van der Waals surface area contributed by atoms with Gasteiger partial charge >= 0.3 is 11.9 Å². The highest BCUT2D eigenvalue weighted by atomic mass is 79.9. The molecule has 23 heavy (non-hydrogen) atoms. The van der Waals surface area contributed by atoms with Crippen molar-refractivity contribution < 1.29 is 28.2 Å². The highest BCUT2D eigenvalue weighted by Crippen LogP contribution is 2.37. The first kappa shape index (κ1) is 18.0. The zero-order chi connectivity index (χ0) is 17.3. The number of halogens is 5. The molecule has 0 unspecified atom stereocenters. The standard InChI is InChI=1S/C14H5Br3F2O4/c15-5-3-7(16)12(8(17)4-5)23-14(22)6-1-2-9(18)11(19)10(6)13(20)21/h1-4H,(H,20,21). The molecule has 0 fully saturated rings. The quantitative estimate of drug-likeness (QED) is 0.453. The lowest BCUT2D eigenvalue weighted by Crippen LogP contribution is -2.17. The fourth-order valence-electron chi connectivity index (χ4n) is 1.70. The smallest absolute Gasteiger partial charge is 0.344 e. The fraction of sp³-hybridized carbons (Fsp3) is 0. The number of carboxylic acid groups (broad SMARTS) is 1. The number of hydrogen-bond acceptors (Lipinski definition) is 3. The normalized spacial score (nSPS) is 10.5. The van der Waals surface area contributed by atoms with Gasteiger partial charge in [0.2, 0.25) is 0 Å². The zero-order valence-corrected chi connectivity index (χ0v) is 15.6. The molecule has 9 heteroatoms. The molecule has 1 N–H and O–H groups in total. The molecule has 0 aliphatic heterocycles. The van der Waals surface area contributed by atoms with Gasteiger partial charge in [0, 0.05) is 4.47 Å². The number of benzene rings is 2. The van der Waals surface area contributed by atoms with Crippen molar-refractivity contribution in [1.82, 2.24) is 0 Å².